The van der Waals surface area contributed by atoms with E-state index in [1.54, 1.807) is 39.8 Å². The molecule has 4 aliphatic carbocycles. The number of amides is 1. The summed E-state index contributed by atoms with van der Waals surface area (Å²) in [5.74, 6) is -8.77. The van der Waals surface area contributed by atoms with Gasteiger partial charge in [-0.2, -0.15) is 0 Å². The lowest BCUT2D eigenvalue weighted by atomic mass is 9.36. The summed E-state index contributed by atoms with van der Waals surface area (Å²) in [6.07, 6.45) is 0.360. The Kier molecular flexibility index (Phi) is 6.24. The van der Waals surface area contributed by atoms with E-state index in [2.05, 4.69) is 0 Å². The molecule has 0 bridgehead atoms. The number of rotatable bonds is 3. The van der Waals surface area contributed by atoms with Gasteiger partial charge in [0.15, 0.2) is 17.2 Å². The number of nitrogens with two attached hydrogens (primary N) is 1. The summed E-state index contributed by atoms with van der Waals surface area (Å²) in [7, 11) is 0. The monoisotopic (exact) mass is 541 g/mol. The quantitative estimate of drug-likeness (QED) is 0.246. The number of carbonyl (C=O) groups is 3. The van der Waals surface area contributed by atoms with E-state index in [0.29, 0.717) is 11.1 Å². The van der Waals surface area contributed by atoms with Gasteiger partial charge in [-0.05, 0) is 36.2 Å². The van der Waals surface area contributed by atoms with Crippen LogP contribution in [0, 0.1) is 34.5 Å². The van der Waals surface area contributed by atoms with Crippen LogP contribution in [-0.4, -0.2) is 66.9 Å². The van der Waals surface area contributed by atoms with Gasteiger partial charge in [0.1, 0.15) is 17.8 Å². The van der Waals surface area contributed by atoms with E-state index >= 15 is 0 Å². The Morgan fingerprint density at radius 2 is 1.72 bits per heavy atom. The first-order valence-corrected chi connectivity index (χ1v) is 13.8. The van der Waals surface area contributed by atoms with E-state index in [4.69, 9.17) is 5.73 Å². The molecular weight excluding hydrogens is 502 g/mol. The van der Waals surface area contributed by atoms with Crippen LogP contribution in [0.4, 0.5) is 0 Å². The minimum atomic E-state index is -2.78. The predicted octanol–water partition coefficient (Wildman–Crippen LogP) is 1.54. The lowest BCUT2D eigenvalue weighted by molar-refractivity contribution is -0.306. The Hall–Kier alpha value is -2.59. The second-order valence-corrected chi connectivity index (χ2v) is 12.9. The van der Waals surface area contributed by atoms with Crippen LogP contribution in [0.5, 0.6) is 5.75 Å². The lowest BCUT2D eigenvalue weighted by Crippen LogP contribution is -2.83. The molecule has 7 N–H and O–H groups in total. The molecule has 1 amide bonds. The summed E-state index contributed by atoms with van der Waals surface area (Å²) in [4.78, 5) is 40.4. The Balaban J connectivity index is 1.76. The first-order chi connectivity index (χ1) is 18.1. The summed E-state index contributed by atoms with van der Waals surface area (Å²) < 4.78 is 0. The molecular formula is C30H39NO8. The third kappa shape index (κ3) is 3.13. The molecule has 212 valence electrons. The first-order valence-electron chi connectivity index (χ1n) is 13.8. The number of allylic oxidation sites excluding steroid dienone is 2. The van der Waals surface area contributed by atoms with Gasteiger partial charge in [0.05, 0.1) is 23.7 Å². The molecule has 2 fully saturated rings. The average Bonchev–Trinajstić information content (AvgIpc) is 3.38. The summed E-state index contributed by atoms with van der Waals surface area (Å²) in [6.45, 7) is 8.31. The molecule has 11 atom stereocenters. The molecule has 5 rings (SSSR count). The highest BCUT2D eigenvalue weighted by Gasteiger charge is 2.80. The zero-order valence-electron chi connectivity index (χ0n) is 23.0. The Bertz CT molecular complexity index is 1290. The van der Waals surface area contributed by atoms with Gasteiger partial charge >= 0.3 is 0 Å². The van der Waals surface area contributed by atoms with Crippen molar-refractivity contribution in [2.24, 2.45) is 40.2 Å². The Morgan fingerprint density at radius 1 is 1.10 bits per heavy atom. The van der Waals surface area contributed by atoms with Gasteiger partial charge in [0, 0.05) is 22.3 Å². The highest BCUT2D eigenvalue weighted by molar-refractivity contribution is 6.09. The van der Waals surface area contributed by atoms with E-state index in [-0.39, 0.29) is 17.2 Å². The van der Waals surface area contributed by atoms with E-state index < -0.39 is 81.8 Å². The maximum Gasteiger partial charge on any atom is 0.230 e. The fraction of sp³-hybridized carbons (Fsp3) is 0.633. The number of ketones is 2. The van der Waals surface area contributed by atoms with Gasteiger partial charge in [0.2, 0.25) is 5.91 Å². The largest absolute Gasteiger partial charge is 0.507 e. The molecule has 0 heterocycles. The van der Waals surface area contributed by atoms with E-state index in [1.807, 2.05) is 12.2 Å². The molecule has 4 aliphatic rings. The van der Waals surface area contributed by atoms with Crippen molar-refractivity contribution in [3.8, 4) is 5.75 Å². The minimum absolute atomic E-state index is 0.0105. The van der Waals surface area contributed by atoms with Crippen molar-refractivity contribution in [3.05, 3.63) is 41.0 Å². The third-order valence-corrected chi connectivity index (χ3v) is 11.1. The van der Waals surface area contributed by atoms with Gasteiger partial charge in [-0.3, -0.25) is 14.4 Å². The number of aromatic hydroxyl groups is 1. The van der Waals surface area contributed by atoms with Crippen LogP contribution in [0.15, 0.2) is 24.3 Å². The number of aliphatic hydroxyl groups excluding tert-OH is 3. The van der Waals surface area contributed by atoms with E-state index in [9.17, 15) is 39.9 Å². The number of aliphatic hydroxyl groups is 4. The number of hydrogen-bond acceptors (Lipinski definition) is 8. The van der Waals surface area contributed by atoms with E-state index in [1.165, 1.54) is 6.92 Å². The molecule has 0 aromatic heterocycles. The minimum Gasteiger partial charge on any atom is -0.507 e. The molecule has 9 nitrogen and oxygen atoms in total. The average molecular weight is 542 g/mol. The van der Waals surface area contributed by atoms with Gasteiger partial charge in [-0.1, -0.05) is 58.9 Å². The van der Waals surface area contributed by atoms with Crippen molar-refractivity contribution in [2.45, 2.75) is 83.2 Å². The van der Waals surface area contributed by atoms with Crippen molar-refractivity contribution in [2.75, 3.05) is 0 Å². The maximum absolute atomic E-state index is 14.3. The number of primary amides is 1. The third-order valence-electron chi connectivity index (χ3n) is 11.1. The fourth-order valence-electron chi connectivity index (χ4n) is 8.97. The van der Waals surface area contributed by atoms with Crippen LogP contribution in [0.25, 0.3) is 0 Å². The lowest BCUT2D eigenvalue weighted by Gasteiger charge is -2.69. The zero-order valence-corrected chi connectivity index (χ0v) is 23.0. The van der Waals surface area contributed by atoms with Crippen LogP contribution in [0.2, 0.25) is 0 Å². The molecule has 0 spiro atoms. The fourth-order valence-corrected chi connectivity index (χ4v) is 8.97. The SMILES string of the molecule is CC(C)[C@H]1C(O)C(C(N)=O)C(=O)[C@]2(O)C(O)C3C(=O)c4c(ccc(C5C=CCC5)c4O)[C@@H](C)[C@]3(C)[C@@H](O)[C@]12C. The van der Waals surface area contributed by atoms with Gasteiger partial charge in [0.25, 0.3) is 0 Å². The van der Waals surface area contributed by atoms with Crippen LogP contribution >= 0.6 is 0 Å². The number of phenolic OH excluding ortho intramolecular Hbond substituents is 1. The zero-order chi connectivity index (χ0) is 29.0. The normalized spacial score (nSPS) is 45.2. The second-order valence-electron chi connectivity index (χ2n) is 12.9. The molecule has 0 radical (unpaired) electrons. The molecule has 39 heavy (non-hydrogen) atoms. The van der Waals surface area contributed by atoms with Crippen molar-refractivity contribution in [1.29, 1.82) is 0 Å². The van der Waals surface area contributed by atoms with Crippen molar-refractivity contribution < 1.29 is 39.9 Å². The summed E-state index contributed by atoms with van der Waals surface area (Å²) in [6, 6.07) is 3.56. The highest BCUT2D eigenvalue weighted by atomic mass is 16.4. The van der Waals surface area contributed by atoms with Crippen LogP contribution in [0.1, 0.15) is 80.8 Å². The van der Waals surface area contributed by atoms with Crippen LogP contribution in [0.3, 0.4) is 0 Å². The van der Waals surface area contributed by atoms with Crippen molar-refractivity contribution in [3.63, 3.8) is 0 Å². The Morgan fingerprint density at radius 3 is 2.26 bits per heavy atom. The van der Waals surface area contributed by atoms with Crippen LogP contribution in [-0.2, 0) is 9.59 Å². The number of phenols is 1. The van der Waals surface area contributed by atoms with Crippen molar-refractivity contribution in [1.82, 2.24) is 0 Å². The molecule has 0 aliphatic heterocycles. The summed E-state index contributed by atoms with van der Waals surface area (Å²) in [5, 5.41) is 59.0. The second kappa shape index (κ2) is 8.70. The molecule has 9 heteroatoms. The van der Waals surface area contributed by atoms with Crippen molar-refractivity contribution >= 4 is 17.5 Å². The highest BCUT2D eigenvalue weighted by Crippen LogP contribution is 2.68. The first kappa shape index (κ1) is 28.0. The molecule has 1 aromatic carbocycles. The van der Waals surface area contributed by atoms with Gasteiger partial charge in [-0.25, -0.2) is 0 Å². The molecule has 5 unspecified atom stereocenters. The summed E-state index contributed by atoms with van der Waals surface area (Å²) in [5.41, 5.74) is 0.554. The standard InChI is InChI=1S/C30H39NO8/c1-12(2)19-23(34)18(26(31)37)24(35)30(39)25(36)20-22(33)17-15(13(3)28(20,4)27(38)29(19,30)5)10-11-16(21(17)32)14-8-6-7-9-14/h6,8,10-14,18-20,23,25,27,32,34,36,38-39H,7,9H2,1-5H3,(H2,31,37)/t13-,14?,18?,19+,20?,23?,25?,27-,28+,29+,30+/m1/s1. The smallest absolute Gasteiger partial charge is 0.230 e. The number of Topliss-reactive ketones (excluding diaryl/α,β-unsaturated/α-hetero) is 2. The van der Waals surface area contributed by atoms with Gasteiger partial charge < -0.3 is 31.3 Å². The number of hydrogen-bond donors (Lipinski definition) is 6. The topological polar surface area (TPSA) is 178 Å². The molecule has 2 saturated carbocycles. The van der Waals surface area contributed by atoms with E-state index in [0.717, 1.165) is 12.8 Å². The number of benzene rings is 1. The predicted molar refractivity (Wildman–Crippen MR) is 141 cm³/mol. The number of carbonyl (C=O) groups excluding carboxylic acids is 3. The van der Waals surface area contributed by atoms with Gasteiger partial charge in [-0.15, -0.1) is 0 Å². The number of fused-ring (bicyclic) bond motifs is 3. The summed E-state index contributed by atoms with van der Waals surface area (Å²) >= 11 is 0. The maximum atomic E-state index is 14.3. The Labute approximate surface area is 227 Å². The molecule has 0 saturated heterocycles. The molecule has 1 aromatic rings. The van der Waals surface area contributed by atoms with Crippen LogP contribution < -0.4 is 5.73 Å².